The second kappa shape index (κ2) is 8.10. The van der Waals surface area contributed by atoms with Crippen LogP contribution in [-0.4, -0.2) is 40.3 Å². The molecule has 2 aromatic rings. The minimum atomic E-state index is -0.656. The second-order valence-electron chi connectivity index (χ2n) is 7.94. The molecule has 5 atom stereocenters. The summed E-state index contributed by atoms with van der Waals surface area (Å²) in [6.45, 7) is 1.46. The lowest BCUT2D eigenvalue weighted by Gasteiger charge is -2.30. The minimum Gasteiger partial charge on any atom is -0.393 e. The van der Waals surface area contributed by atoms with Crippen molar-refractivity contribution in [3.8, 4) is 0 Å². The predicted octanol–water partition coefficient (Wildman–Crippen LogP) is 4.34. The lowest BCUT2D eigenvalue weighted by Crippen LogP contribution is -2.38. The Kier molecular flexibility index (Phi) is 5.77. The summed E-state index contributed by atoms with van der Waals surface area (Å²) in [7, 11) is 0. The third kappa shape index (κ3) is 4.18. The molecule has 1 heterocycles. The number of rotatable bonds is 5. The van der Waals surface area contributed by atoms with Crippen molar-refractivity contribution >= 4 is 23.2 Å². The van der Waals surface area contributed by atoms with Crippen LogP contribution in [-0.2, 0) is 6.42 Å². The van der Waals surface area contributed by atoms with Crippen molar-refractivity contribution < 1.29 is 10.2 Å². The van der Waals surface area contributed by atoms with Crippen LogP contribution in [0.1, 0.15) is 30.1 Å². The molecule has 3 nitrogen and oxygen atoms in total. The Morgan fingerprint density at radius 2 is 1.85 bits per heavy atom. The zero-order valence-corrected chi connectivity index (χ0v) is 16.7. The van der Waals surface area contributed by atoms with Crippen LogP contribution in [0.2, 0.25) is 10.0 Å². The number of aliphatic hydroxyl groups excluding tert-OH is 2. The van der Waals surface area contributed by atoms with Crippen molar-refractivity contribution in [2.75, 3.05) is 13.1 Å². The molecular formula is C22H25Cl2NO2. The standard InChI is InChI=1S/C22H25Cl2NO2/c23-16-6-7-18(20(24)10-16)22(27)13-25-12-15-9-17(26)11-19(15)21(25)8-14-4-2-1-3-5-14/h1-7,10,15,17,19,21-22,26-27H,8-9,11-13H2. The van der Waals surface area contributed by atoms with Crippen LogP contribution >= 0.6 is 23.2 Å². The molecule has 2 fully saturated rings. The Labute approximate surface area is 170 Å². The van der Waals surface area contributed by atoms with Crippen molar-refractivity contribution in [1.29, 1.82) is 0 Å². The van der Waals surface area contributed by atoms with Gasteiger partial charge in [-0.05, 0) is 48.8 Å². The van der Waals surface area contributed by atoms with Crippen LogP contribution in [0.5, 0.6) is 0 Å². The first kappa shape index (κ1) is 19.2. The van der Waals surface area contributed by atoms with Crippen molar-refractivity contribution in [3.05, 3.63) is 69.7 Å². The van der Waals surface area contributed by atoms with Gasteiger partial charge in [0.15, 0.2) is 0 Å². The number of halogens is 2. The van der Waals surface area contributed by atoms with E-state index >= 15 is 0 Å². The van der Waals surface area contributed by atoms with E-state index in [2.05, 4.69) is 29.2 Å². The highest BCUT2D eigenvalue weighted by atomic mass is 35.5. The second-order valence-corrected chi connectivity index (χ2v) is 8.79. The van der Waals surface area contributed by atoms with E-state index < -0.39 is 6.10 Å². The molecule has 0 radical (unpaired) electrons. The number of likely N-dealkylation sites (tertiary alicyclic amines) is 1. The molecule has 0 amide bonds. The number of hydrogen-bond acceptors (Lipinski definition) is 3. The first-order valence-corrected chi connectivity index (χ1v) is 10.4. The van der Waals surface area contributed by atoms with Gasteiger partial charge in [-0.1, -0.05) is 59.6 Å². The normalized spacial score (nSPS) is 29.0. The first-order chi connectivity index (χ1) is 13.0. The highest BCUT2D eigenvalue weighted by Crippen LogP contribution is 2.44. The number of nitrogens with zero attached hydrogens (tertiary/aromatic N) is 1. The van der Waals surface area contributed by atoms with Gasteiger partial charge in [0.25, 0.3) is 0 Å². The monoisotopic (exact) mass is 405 g/mol. The van der Waals surface area contributed by atoms with Crippen LogP contribution in [0.3, 0.4) is 0 Å². The Hall–Kier alpha value is -1.10. The molecule has 4 rings (SSSR count). The summed E-state index contributed by atoms with van der Waals surface area (Å²) >= 11 is 12.3. The first-order valence-electron chi connectivity index (χ1n) is 9.60. The lowest BCUT2D eigenvalue weighted by molar-refractivity contribution is 0.0880. The largest absolute Gasteiger partial charge is 0.393 e. The van der Waals surface area contributed by atoms with Crippen molar-refractivity contribution in [3.63, 3.8) is 0 Å². The molecule has 2 aliphatic rings. The average Bonchev–Trinajstić information content (AvgIpc) is 3.13. The molecule has 1 aliphatic heterocycles. The third-order valence-electron chi connectivity index (χ3n) is 6.17. The molecule has 0 bridgehead atoms. The van der Waals surface area contributed by atoms with E-state index in [9.17, 15) is 10.2 Å². The Morgan fingerprint density at radius 3 is 2.59 bits per heavy atom. The molecule has 2 N–H and O–H groups in total. The summed E-state index contributed by atoms with van der Waals surface area (Å²) < 4.78 is 0. The highest BCUT2D eigenvalue weighted by Gasteiger charge is 2.47. The summed E-state index contributed by atoms with van der Waals surface area (Å²) in [5.41, 5.74) is 2.02. The zero-order chi connectivity index (χ0) is 19.0. The lowest BCUT2D eigenvalue weighted by atomic mass is 9.90. The smallest absolute Gasteiger partial charge is 0.0931 e. The fraction of sp³-hybridized carbons (Fsp3) is 0.455. The fourth-order valence-corrected chi connectivity index (χ4v) is 5.49. The topological polar surface area (TPSA) is 43.7 Å². The van der Waals surface area contributed by atoms with E-state index in [1.807, 2.05) is 12.1 Å². The van der Waals surface area contributed by atoms with Gasteiger partial charge in [0, 0.05) is 34.7 Å². The molecule has 1 saturated heterocycles. The summed E-state index contributed by atoms with van der Waals surface area (Å²) in [4.78, 5) is 2.39. The van der Waals surface area contributed by atoms with Gasteiger partial charge in [0.1, 0.15) is 0 Å². The van der Waals surface area contributed by atoms with Gasteiger partial charge in [0.2, 0.25) is 0 Å². The number of benzene rings is 2. The van der Waals surface area contributed by atoms with E-state index in [4.69, 9.17) is 23.2 Å². The molecule has 27 heavy (non-hydrogen) atoms. The predicted molar refractivity (Wildman–Crippen MR) is 109 cm³/mol. The summed E-state index contributed by atoms with van der Waals surface area (Å²) in [5, 5.41) is 22.0. The minimum absolute atomic E-state index is 0.184. The van der Waals surface area contributed by atoms with Crippen molar-refractivity contribution in [2.45, 2.75) is 37.5 Å². The molecular weight excluding hydrogens is 381 g/mol. The number of hydrogen-bond donors (Lipinski definition) is 2. The van der Waals surface area contributed by atoms with Gasteiger partial charge in [-0.25, -0.2) is 0 Å². The maximum Gasteiger partial charge on any atom is 0.0931 e. The van der Waals surface area contributed by atoms with Crippen LogP contribution < -0.4 is 0 Å². The zero-order valence-electron chi connectivity index (χ0n) is 15.1. The van der Waals surface area contributed by atoms with Crippen molar-refractivity contribution in [1.82, 2.24) is 4.90 Å². The number of β-amino-alcohol motifs (C(OH)–C–C–N with tert-alkyl or cyclic N) is 1. The highest BCUT2D eigenvalue weighted by molar-refractivity contribution is 6.35. The van der Waals surface area contributed by atoms with Crippen molar-refractivity contribution in [2.24, 2.45) is 11.8 Å². The summed E-state index contributed by atoms with van der Waals surface area (Å²) in [6, 6.07) is 16.1. The molecule has 144 valence electrons. The molecule has 0 spiro atoms. The maximum atomic E-state index is 10.8. The Bertz CT molecular complexity index is 785. The molecule has 1 saturated carbocycles. The van der Waals surface area contributed by atoms with Crippen LogP contribution in [0.4, 0.5) is 0 Å². The number of aliphatic hydroxyl groups is 2. The fourth-order valence-electron chi connectivity index (χ4n) is 4.95. The average molecular weight is 406 g/mol. The van der Waals surface area contributed by atoms with Gasteiger partial charge in [-0.2, -0.15) is 0 Å². The van der Waals surface area contributed by atoms with Gasteiger partial charge < -0.3 is 10.2 Å². The molecule has 2 aromatic carbocycles. The third-order valence-corrected chi connectivity index (χ3v) is 6.74. The van der Waals surface area contributed by atoms with Crippen LogP contribution in [0, 0.1) is 11.8 Å². The summed E-state index contributed by atoms with van der Waals surface area (Å²) in [5.74, 6) is 0.981. The molecule has 5 heteroatoms. The van der Waals surface area contributed by atoms with E-state index in [-0.39, 0.29) is 6.10 Å². The van der Waals surface area contributed by atoms with E-state index in [1.54, 1.807) is 12.1 Å². The van der Waals surface area contributed by atoms with Gasteiger partial charge in [0.05, 0.1) is 12.2 Å². The quantitative estimate of drug-likeness (QED) is 0.777. The molecule has 1 aliphatic carbocycles. The van der Waals surface area contributed by atoms with Crippen LogP contribution in [0.25, 0.3) is 0 Å². The summed E-state index contributed by atoms with van der Waals surface area (Å²) in [6.07, 6.45) is 1.82. The van der Waals surface area contributed by atoms with Gasteiger partial charge >= 0.3 is 0 Å². The molecule has 5 unspecified atom stereocenters. The van der Waals surface area contributed by atoms with E-state index in [0.29, 0.717) is 34.5 Å². The van der Waals surface area contributed by atoms with Gasteiger partial charge in [-0.3, -0.25) is 4.90 Å². The maximum absolute atomic E-state index is 10.8. The number of fused-ring (bicyclic) bond motifs is 1. The Morgan fingerprint density at radius 1 is 1.07 bits per heavy atom. The molecule has 0 aromatic heterocycles. The Balaban J connectivity index is 1.53. The SMILES string of the molecule is OC1CC2CN(CC(O)c3ccc(Cl)cc3Cl)C(Cc3ccccc3)C2C1. The van der Waals surface area contributed by atoms with Gasteiger partial charge in [-0.15, -0.1) is 0 Å². The van der Waals surface area contributed by atoms with E-state index in [1.165, 1.54) is 5.56 Å². The van der Waals surface area contributed by atoms with E-state index in [0.717, 1.165) is 31.4 Å². The van der Waals surface area contributed by atoms with Crippen LogP contribution in [0.15, 0.2) is 48.5 Å².